The van der Waals surface area contributed by atoms with E-state index in [1.165, 1.54) is 20.5 Å². The third-order valence-corrected chi connectivity index (χ3v) is 11.5. The average Bonchev–Trinajstić information content (AvgIpc) is 3.42. The summed E-state index contributed by atoms with van der Waals surface area (Å²) in [5.41, 5.74) is 6.95. The van der Waals surface area contributed by atoms with E-state index in [1.54, 1.807) is 24.3 Å². The first kappa shape index (κ1) is 31.8. The van der Waals surface area contributed by atoms with E-state index in [0.29, 0.717) is 25.3 Å². The van der Waals surface area contributed by atoms with Gasteiger partial charge < -0.3 is 10.6 Å². The van der Waals surface area contributed by atoms with E-state index in [4.69, 9.17) is 5.73 Å². The molecule has 41 heavy (non-hydrogen) atoms. The molecule has 2 aliphatic carbocycles. The molecule has 8 nitrogen and oxygen atoms in total. The molecule has 10 heteroatoms. The fourth-order valence-corrected chi connectivity index (χ4v) is 7.94. The third kappa shape index (κ3) is 7.62. The van der Waals surface area contributed by atoms with E-state index in [1.807, 2.05) is 4.90 Å². The molecule has 3 fully saturated rings. The molecule has 4 rings (SSSR count). The van der Waals surface area contributed by atoms with Gasteiger partial charge in [0.05, 0.1) is 6.04 Å². The van der Waals surface area contributed by atoms with E-state index in [-0.39, 0.29) is 41.4 Å². The lowest BCUT2D eigenvalue weighted by Gasteiger charge is -2.37. The Bertz CT molecular complexity index is 1170. The van der Waals surface area contributed by atoms with Gasteiger partial charge in [0.2, 0.25) is 15.9 Å². The summed E-state index contributed by atoms with van der Waals surface area (Å²) in [5.74, 6) is -0.487. The molecule has 3 atom stereocenters. The van der Waals surface area contributed by atoms with Crippen LogP contribution in [-0.4, -0.2) is 80.2 Å². The van der Waals surface area contributed by atoms with Gasteiger partial charge in [0.1, 0.15) is 12.4 Å². The number of rotatable bonds is 11. The Morgan fingerprint density at radius 1 is 0.976 bits per heavy atom. The minimum Gasteiger partial charge on any atom is -0.332 e. The number of nitrogens with zero attached hydrogens (tertiary/aromatic N) is 2. The standard InChI is InChI=1S/C31H46FN3O5S/c1-34(2)41(39,40)20-29(37)24-10-8-21(9-11-24)18-28(36)30-26(22-6-4-3-5-7-22)16-17-35(30)31(38)25-14-12-23(13-15-25)27(33)19-32/h8-11,22-23,25-27,30H,3-7,12-20,33H2,1-2H3/t23?,25?,26-,27+,30-/m0/s1. The molecule has 1 amide bonds. The highest BCUT2D eigenvalue weighted by Gasteiger charge is 2.46. The fourth-order valence-electron chi connectivity index (χ4n) is 7.18. The van der Waals surface area contributed by atoms with Gasteiger partial charge in [0, 0.05) is 44.6 Å². The third-order valence-electron chi connectivity index (χ3n) is 9.74. The molecule has 0 radical (unpaired) electrons. The second-order valence-electron chi connectivity index (χ2n) is 12.6. The minimum absolute atomic E-state index is 0.0221. The topological polar surface area (TPSA) is 118 Å². The van der Waals surface area contributed by atoms with Gasteiger partial charge in [0.15, 0.2) is 11.6 Å². The van der Waals surface area contributed by atoms with Crippen molar-refractivity contribution in [3.63, 3.8) is 0 Å². The SMILES string of the molecule is CN(C)S(=O)(=O)CC(=O)c1ccc(CC(=O)[C@@H]2[C@H](C3CCCCC3)CCN2C(=O)C2CCC([C@H](N)CF)CC2)cc1. The van der Waals surface area contributed by atoms with Gasteiger partial charge in [-0.1, -0.05) is 56.4 Å². The smallest absolute Gasteiger partial charge is 0.226 e. The first-order chi connectivity index (χ1) is 19.5. The molecule has 1 aromatic carbocycles. The van der Waals surface area contributed by atoms with Crippen LogP contribution in [0.15, 0.2) is 24.3 Å². The lowest BCUT2D eigenvalue weighted by atomic mass is 9.75. The first-order valence-corrected chi connectivity index (χ1v) is 16.8. The molecular weight excluding hydrogens is 545 g/mol. The van der Waals surface area contributed by atoms with Gasteiger partial charge in [-0.2, -0.15) is 0 Å². The first-order valence-electron chi connectivity index (χ1n) is 15.2. The Kier molecular flexibility index (Phi) is 10.7. The lowest BCUT2D eigenvalue weighted by molar-refractivity contribution is -0.143. The normalized spacial score (nSPS) is 26.7. The van der Waals surface area contributed by atoms with Crippen molar-refractivity contribution in [2.45, 2.75) is 82.7 Å². The van der Waals surface area contributed by atoms with Crippen LogP contribution in [0.3, 0.4) is 0 Å². The van der Waals surface area contributed by atoms with Crippen molar-refractivity contribution in [1.29, 1.82) is 0 Å². The van der Waals surface area contributed by atoms with Crippen molar-refractivity contribution in [3.05, 3.63) is 35.4 Å². The Balaban J connectivity index is 1.46. The monoisotopic (exact) mass is 591 g/mol. The van der Waals surface area contributed by atoms with Crippen LogP contribution in [0.5, 0.6) is 0 Å². The van der Waals surface area contributed by atoms with Gasteiger partial charge >= 0.3 is 0 Å². The quantitative estimate of drug-likeness (QED) is 0.392. The van der Waals surface area contributed by atoms with E-state index >= 15 is 0 Å². The van der Waals surface area contributed by atoms with E-state index < -0.39 is 40.3 Å². The molecule has 0 spiro atoms. The Labute approximate surface area is 244 Å². The number of carbonyl (C=O) groups excluding carboxylic acids is 3. The molecule has 1 aliphatic heterocycles. The van der Waals surface area contributed by atoms with E-state index in [2.05, 4.69) is 0 Å². The number of hydrogen-bond acceptors (Lipinski definition) is 6. The number of hydrogen-bond donors (Lipinski definition) is 1. The molecule has 3 aliphatic rings. The molecular formula is C31H46FN3O5S. The maximum absolute atomic E-state index is 13.9. The molecule has 1 heterocycles. The van der Waals surface area contributed by atoms with Gasteiger partial charge in [0.25, 0.3) is 0 Å². The van der Waals surface area contributed by atoms with Crippen LogP contribution in [-0.2, 0) is 26.0 Å². The Hall–Kier alpha value is -2.17. The zero-order valence-corrected chi connectivity index (χ0v) is 25.3. The van der Waals surface area contributed by atoms with Crippen LogP contribution in [0, 0.1) is 23.7 Å². The van der Waals surface area contributed by atoms with Crippen LogP contribution in [0.1, 0.15) is 80.1 Å². The zero-order chi connectivity index (χ0) is 29.7. The fraction of sp³-hybridized carbons (Fsp3) is 0.710. The Morgan fingerprint density at radius 3 is 2.20 bits per heavy atom. The highest BCUT2D eigenvalue weighted by molar-refractivity contribution is 7.89. The number of halogens is 1. The largest absolute Gasteiger partial charge is 0.332 e. The average molecular weight is 592 g/mol. The molecule has 1 saturated heterocycles. The van der Waals surface area contributed by atoms with Crippen LogP contribution in [0.25, 0.3) is 0 Å². The number of carbonyl (C=O) groups is 3. The predicted molar refractivity (Wildman–Crippen MR) is 157 cm³/mol. The van der Waals surface area contributed by atoms with Gasteiger partial charge in [-0.3, -0.25) is 14.4 Å². The highest BCUT2D eigenvalue weighted by atomic mass is 32.2. The maximum Gasteiger partial charge on any atom is 0.226 e. The van der Waals surface area contributed by atoms with Crippen molar-refractivity contribution in [1.82, 2.24) is 9.21 Å². The number of nitrogens with two attached hydrogens (primary N) is 1. The Morgan fingerprint density at radius 2 is 1.61 bits per heavy atom. The number of ketones is 2. The van der Waals surface area contributed by atoms with Crippen molar-refractivity contribution in [3.8, 4) is 0 Å². The molecule has 2 N–H and O–H groups in total. The molecule has 1 aromatic rings. The summed E-state index contributed by atoms with van der Waals surface area (Å²) in [6, 6.07) is 5.64. The predicted octanol–water partition coefficient (Wildman–Crippen LogP) is 3.77. The van der Waals surface area contributed by atoms with Gasteiger partial charge in [-0.15, -0.1) is 0 Å². The van der Waals surface area contributed by atoms with Gasteiger partial charge in [-0.05, 0) is 55.4 Å². The second kappa shape index (κ2) is 13.9. The summed E-state index contributed by atoms with van der Waals surface area (Å²) < 4.78 is 38.3. The summed E-state index contributed by atoms with van der Waals surface area (Å²) in [7, 11) is -0.884. The molecule has 0 unspecified atom stereocenters. The molecule has 228 valence electrons. The summed E-state index contributed by atoms with van der Waals surface area (Å²) >= 11 is 0. The molecule has 0 aromatic heterocycles. The van der Waals surface area contributed by atoms with Crippen LogP contribution < -0.4 is 5.73 Å². The van der Waals surface area contributed by atoms with Crippen molar-refractivity contribution in [2.75, 3.05) is 33.1 Å². The summed E-state index contributed by atoms with van der Waals surface area (Å²) in [5, 5.41) is 0. The number of likely N-dealkylation sites (tertiary alicyclic amines) is 1. The number of alkyl halides is 1. The van der Waals surface area contributed by atoms with Crippen LogP contribution in [0.2, 0.25) is 0 Å². The summed E-state index contributed by atoms with van der Waals surface area (Å²) in [4.78, 5) is 42.1. The van der Waals surface area contributed by atoms with Crippen LogP contribution in [0.4, 0.5) is 4.39 Å². The number of benzene rings is 1. The number of sulfonamides is 1. The number of Topliss-reactive ketones (excluding diaryl/α,β-unsaturated/α-hetero) is 2. The minimum atomic E-state index is -3.67. The zero-order valence-electron chi connectivity index (χ0n) is 24.5. The lowest BCUT2D eigenvalue weighted by Crippen LogP contribution is -2.48. The second-order valence-corrected chi connectivity index (χ2v) is 14.7. The van der Waals surface area contributed by atoms with Crippen molar-refractivity contribution < 1.29 is 27.2 Å². The maximum atomic E-state index is 13.9. The molecule has 2 saturated carbocycles. The summed E-state index contributed by atoms with van der Waals surface area (Å²) in [6.07, 6.45) is 9.55. The van der Waals surface area contributed by atoms with Crippen LogP contribution >= 0.6 is 0 Å². The van der Waals surface area contributed by atoms with E-state index in [9.17, 15) is 27.2 Å². The van der Waals surface area contributed by atoms with E-state index in [0.717, 1.165) is 54.8 Å². The highest BCUT2D eigenvalue weighted by Crippen LogP contribution is 2.41. The van der Waals surface area contributed by atoms with Crippen molar-refractivity contribution in [2.24, 2.45) is 29.4 Å². The number of amides is 1. The summed E-state index contributed by atoms with van der Waals surface area (Å²) in [6.45, 7) is 0.0491. The van der Waals surface area contributed by atoms with Crippen molar-refractivity contribution >= 4 is 27.5 Å². The molecule has 0 bridgehead atoms. The van der Waals surface area contributed by atoms with Gasteiger partial charge in [-0.25, -0.2) is 17.1 Å².